The first-order chi connectivity index (χ1) is 8.86. The molecular weight excluding hydrogens is 248 g/mol. The van der Waals surface area contributed by atoms with Gasteiger partial charge in [0.1, 0.15) is 1.41 Å². The third kappa shape index (κ3) is 2.17. The smallest absolute Gasteiger partial charge is 0.177 e. The average molecular weight is 267 g/mol. The lowest BCUT2D eigenvalue weighted by Crippen LogP contribution is -2.60. The van der Waals surface area contributed by atoms with Crippen molar-refractivity contribution in [2.45, 2.75) is 24.2 Å². The molecule has 0 bridgehead atoms. The lowest BCUT2D eigenvalue weighted by molar-refractivity contribution is 0.000484. The first-order valence-electron chi connectivity index (χ1n) is 6.70. The third-order valence-electron chi connectivity index (χ3n) is 4.06. The van der Waals surface area contributed by atoms with Crippen LogP contribution in [0.4, 0.5) is 0 Å². The molecule has 0 unspecified atom stereocenters. The molecule has 0 radical (unpaired) electrons. The molecule has 1 N–H and O–H groups in total. The Bertz CT molecular complexity index is 571. The molecule has 1 saturated heterocycles. The van der Waals surface area contributed by atoms with Gasteiger partial charge < -0.3 is 5.31 Å². The fraction of sp³-hybridized carbons (Fsp3) is 0.615. The second kappa shape index (κ2) is 4.03. The average Bonchev–Trinajstić information content (AvgIpc) is 2.23. The minimum atomic E-state index is -3.15. The maximum Gasteiger partial charge on any atom is 0.177 e. The van der Waals surface area contributed by atoms with Crippen LogP contribution < -0.4 is 5.31 Å². The summed E-state index contributed by atoms with van der Waals surface area (Å²) in [5.41, 5.74) is 1.38. The van der Waals surface area contributed by atoms with Gasteiger partial charge in [0.05, 0.1) is 4.90 Å². The number of rotatable bonds is 3. The van der Waals surface area contributed by atoms with Crippen LogP contribution in [-0.2, 0) is 16.3 Å². The Morgan fingerprint density at radius 2 is 2.22 bits per heavy atom. The van der Waals surface area contributed by atoms with E-state index in [4.69, 9.17) is 1.41 Å². The summed E-state index contributed by atoms with van der Waals surface area (Å²) in [4.78, 5) is 4.53. The highest BCUT2D eigenvalue weighted by Gasteiger charge is 2.47. The molecule has 1 aliphatic heterocycles. The highest BCUT2D eigenvalue weighted by atomic mass is 32.2. The Hall–Kier alpha value is -0.940. The largest absolute Gasteiger partial charge is 0.316 e. The summed E-state index contributed by atoms with van der Waals surface area (Å²) < 4.78 is 30.1. The molecule has 1 aromatic rings. The van der Waals surface area contributed by atoms with Crippen molar-refractivity contribution >= 4 is 9.84 Å². The number of nitrogens with zero attached hydrogens (tertiary/aromatic N) is 1. The zero-order valence-corrected chi connectivity index (χ0v) is 11.3. The van der Waals surface area contributed by atoms with Crippen LogP contribution in [0.25, 0.3) is 0 Å². The summed E-state index contributed by atoms with van der Waals surface area (Å²) in [7, 11) is -3.15. The van der Waals surface area contributed by atoms with Crippen molar-refractivity contribution in [2.75, 3.05) is 19.3 Å². The number of hydrogen-bond acceptors (Lipinski definition) is 4. The molecule has 3 rings (SSSR count). The summed E-state index contributed by atoms with van der Waals surface area (Å²) in [6.07, 6.45) is 5.93. The van der Waals surface area contributed by atoms with Crippen LogP contribution in [0.3, 0.4) is 0 Å². The first-order valence-corrected chi connectivity index (χ1v) is 8.14. The van der Waals surface area contributed by atoms with E-state index >= 15 is 0 Å². The van der Waals surface area contributed by atoms with Crippen LogP contribution in [0.5, 0.6) is 0 Å². The number of pyridine rings is 1. The van der Waals surface area contributed by atoms with Gasteiger partial charge in [0.25, 0.3) is 0 Å². The van der Waals surface area contributed by atoms with Gasteiger partial charge in [-0.2, -0.15) is 0 Å². The lowest BCUT2D eigenvalue weighted by atomic mass is 9.57. The zero-order chi connectivity index (χ0) is 13.7. The van der Waals surface area contributed by atoms with E-state index in [2.05, 4.69) is 4.98 Å². The molecule has 98 valence electrons. The van der Waals surface area contributed by atoms with Crippen molar-refractivity contribution in [3.8, 4) is 0 Å². The number of aromatic nitrogens is 1. The van der Waals surface area contributed by atoms with Crippen molar-refractivity contribution in [1.29, 1.82) is 0 Å². The summed E-state index contributed by atoms with van der Waals surface area (Å²) in [5, 5.41) is 1.62. The zero-order valence-electron chi connectivity index (χ0n) is 11.5. The van der Waals surface area contributed by atoms with Gasteiger partial charge in [-0.05, 0) is 42.7 Å². The number of sulfone groups is 1. The SMILES string of the molecule is [2H]N1CC2(CC(Cc3ccc(S(C)(=O)=O)cn3)C2)C1. The number of hydrogen-bond donors (Lipinski definition) is 1. The van der Waals surface area contributed by atoms with Crippen LogP contribution >= 0.6 is 0 Å². The van der Waals surface area contributed by atoms with Gasteiger partial charge in [0, 0.05) is 31.2 Å². The van der Waals surface area contributed by atoms with Crippen LogP contribution in [0, 0.1) is 11.3 Å². The van der Waals surface area contributed by atoms with Crippen molar-refractivity contribution in [1.82, 2.24) is 10.3 Å². The van der Waals surface area contributed by atoms with Crippen molar-refractivity contribution in [2.24, 2.45) is 11.3 Å². The third-order valence-corrected chi connectivity index (χ3v) is 5.16. The number of nitrogens with one attached hydrogen (secondary N) is 1. The van der Waals surface area contributed by atoms with E-state index in [9.17, 15) is 8.42 Å². The molecule has 0 amide bonds. The van der Waals surface area contributed by atoms with Crippen molar-refractivity contribution in [3.05, 3.63) is 24.0 Å². The molecule has 0 atom stereocenters. The van der Waals surface area contributed by atoms with Gasteiger partial charge in [0.2, 0.25) is 0 Å². The van der Waals surface area contributed by atoms with Gasteiger partial charge >= 0.3 is 0 Å². The fourth-order valence-corrected chi connectivity index (χ4v) is 3.60. The van der Waals surface area contributed by atoms with Crippen LogP contribution in [-0.4, -0.2) is 32.7 Å². The van der Waals surface area contributed by atoms with E-state index in [1.54, 1.807) is 11.4 Å². The molecule has 18 heavy (non-hydrogen) atoms. The molecule has 1 aromatic heterocycles. The molecule has 1 spiro atoms. The summed E-state index contributed by atoms with van der Waals surface area (Å²) >= 11 is 0. The van der Waals surface area contributed by atoms with Gasteiger partial charge in [-0.25, -0.2) is 8.42 Å². The van der Waals surface area contributed by atoms with Gasteiger partial charge in [0.15, 0.2) is 9.84 Å². The quantitative estimate of drug-likeness (QED) is 0.888. The molecule has 1 aliphatic carbocycles. The predicted molar refractivity (Wildman–Crippen MR) is 69.1 cm³/mol. The molecular formula is C13H18N2O2S. The molecule has 2 fully saturated rings. The second-order valence-corrected chi connectivity index (χ2v) is 7.79. The van der Waals surface area contributed by atoms with E-state index in [0.717, 1.165) is 25.2 Å². The van der Waals surface area contributed by atoms with E-state index in [0.29, 0.717) is 11.3 Å². The Labute approximate surface area is 109 Å². The molecule has 0 aromatic carbocycles. The molecule has 1 saturated carbocycles. The normalized spacial score (nSPS) is 24.4. The standard InChI is InChI=1S/C13H18N2O2S/c1-18(16,17)12-3-2-11(15-7-12)4-10-5-13(6-10)8-14-9-13/h2-3,7,10,14H,4-6,8-9H2,1H3/i/hD. The molecule has 2 aliphatic rings. The summed E-state index contributed by atoms with van der Waals surface area (Å²) in [6.45, 7) is 1.81. The highest BCUT2D eigenvalue weighted by molar-refractivity contribution is 7.90. The van der Waals surface area contributed by atoms with Gasteiger partial charge in [-0.15, -0.1) is 0 Å². The summed E-state index contributed by atoms with van der Waals surface area (Å²) in [5.74, 6) is 0.644. The topological polar surface area (TPSA) is 59.1 Å². The monoisotopic (exact) mass is 267 g/mol. The Morgan fingerprint density at radius 3 is 2.72 bits per heavy atom. The maximum absolute atomic E-state index is 11.3. The van der Waals surface area contributed by atoms with Crippen molar-refractivity contribution < 1.29 is 9.83 Å². The van der Waals surface area contributed by atoms with E-state index in [1.807, 2.05) is 6.07 Å². The van der Waals surface area contributed by atoms with Crippen LogP contribution in [0.2, 0.25) is 1.41 Å². The molecule has 2 heterocycles. The first kappa shape index (κ1) is 10.9. The minimum absolute atomic E-state index is 0.283. The van der Waals surface area contributed by atoms with E-state index < -0.39 is 9.84 Å². The van der Waals surface area contributed by atoms with Crippen LogP contribution in [0.15, 0.2) is 23.2 Å². The Balaban J connectivity index is 1.57. The minimum Gasteiger partial charge on any atom is -0.316 e. The van der Waals surface area contributed by atoms with E-state index in [-0.39, 0.29) is 4.90 Å². The Kier molecular flexibility index (Phi) is 2.45. The van der Waals surface area contributed by atoms with Gasteiger partial charge in [-0.1, -0.05) is 0 Å². The highest BCUT2D eigenvalue weighted by Crippen LogP contribution is 2.49. The predicted octanol–water partition coefficient (Wildman–Crippen LogP) is 1.03. The molecule has 4 nitrogen and oxygen atoms in total. The van der Waals surface area contributed by atoms with Crippen molar-refractivity contribution in [3.63, 3.8) is 0 Å². The lowest BCUT2D eigenvalue weighted by Gasteiger charge is -2.54. The van der Waals surface area contributed by atoms with E-state index in [1.165, 1.54) is 25.3 Å². The maximum atomic E-state index is 11.3. The van der Waals surface area contributed by atoms with Crippen LogP contribution in [0.1, 0.15) is 18.5 Å². The molecule has 5 heteroatoms. The second-order valence-electron chi connectivity index (χ2n) is 5.78. The van der Waals surface area contributed by atoms with Gasteiger partial charge in [-0.3, -0.25) is 4.98 Å². The Morgan fingerprint density at radius 1 is 1.50 bits per heavy atom. The summed E-state index contributed by atoms with van der Waals surface area (Å²) in [6, 6.07) is 3.46. The fourth-order valence-electron chi connectivity index (χ4n) is 3.04.